The van der Waals surface area contributed by atoms with Crippen LogP contribution < -0.4 is 21.7 Å². The van der Waals surface area contributed by atoms with Crippen molar-refractivity contribution in [3.05, 3.63) is 60.2 Å². The number of nitrogens with one attached hydrogen (secondary N) is 3. The fourth-order valence-corrected chi connectivity index (χ4v) is 4.98. The van der Waals surface area contributed by atoms with Crippen molar-refractivity contribution in [2.75, 3.05) is 6.54 Å². The van der Waals surface area contributed by atoms with Crippen molar-refractivity contribution in [1.29, 1.82) is 0 Å². The normalized spacial score (nSPS) is 14.7. The highest BCUT2D eigenvalue weighted by molar-refractivity contribution is 5.89. The molecule has 0 aliphatic heterocycles. The van der Waals surface area contributed by atoms with Crippen LogP contribution in [0.2, 0.25) is 0 Å². The van der Waals surface area contributed by atoms with E-state index >= 15 is 0 Å². The van der Waals surface area contributed by atoms with Gasteiger partial charge in [0.2, 0.25) is 5.91 Å². The molecule has 0 heterocycles. The van der Waals surface area contributed by atoms with Gasteiger partial charge in [0, 0.05) is 6.54 Å². The highest BCUT2D eigenvalue weighted by atomic mass is 19.4. The molecule has 3 rings (SSSR count). The average Bonchev–Trinajstić information content (AvgIpc) is 3.00. The summed E-state index contributed by atoms with van der Waals surface area (Å²) in [5.41, 5.74) is 8.59. The average molecular weight is 623 g/mol. The third-order valence-electron chi connectivity index (χ3n) is 7.26. The number of carboxylic acids is 2. The molecule has 0 aromatic heterocycles. The van der Waals surface area contributed by atoms with Gasteiger partial charge in [-0.3, -0.25) is 4.79 Å². The molecule has 2 aromatic rings. The van der Waals surface area contributed by atoms with Crippen LogP contribution in [0.15, 0.2) is 54.6 Å². The number of rotatable bonds is 13. The third kappa shape index (κ3) is 13.0. The van der Waals surface area contributed by atoms with Gasteiger partial charge in [-0.25, -0.2) is 14.4 Å². The zero-order valence-corrected chi connectivity index (χ0v) is 24.4. The summed E-state index contributed by atoms with van der Waals surface area (Å²) in [4.78, 5) is 46.6. The predicted molar refractivity (Wildman–Crippen MR) is 158 cm³/mol. The number of alkyl halides is 3. The van der Waals surface area contributed by atoms with Gasteiger partial charge in [-0.15, -0.1) is 0 Å². The van der Waals surface area contributed by atoms with E-state index in [-0.39, 0.29) is 12.3 Å². The molecule has 0 spiro atoms. The van der Waals surface area contributed by atoms with Gasteiger partial charge in [-0.05, 0) is 54.8 Å². The number of hydrogen-bond donors (Lipinski definition) is 6. The lowest BCUT2D eigenvalue weighted by molar-refractivity contribution is -0.192. The Morgan fingerprint density at radius 3 is 2.05 bits per heavy atom. The predicted octanol–water partition coefficient (Wildman–Crippen LogP) is 4.82. The molecular weight excluding hydrogens is 581 g/mol. The molecule has 1 aliphatic rings. The van der Waals surface area contributed by atoms with Gasteiger partial charge in [0.25, 0.3) is 0 Å². The highest BCUT2D eigenvalue weighted by Crippen LogP contribution is 2.28. The van der Waals surface area contributed by atoms with Crippen LogP contribution in [-0.2, 0) is 20.9 Å². The largest absolute Gasteiger partial charge is 0.490 e. The van der Waals surface area contributed by atoms with Crippen LogP contribution in [-0.4, -0.2) is 58.9 Å². The number of aliphatic carboxylic acids is 2. The van der Waals surface area contributed by atoms with Crippen LogP contribution in [0.1, 0.15) is 63.4 Å². The number of halogens is 3. The summed E-state index contributed by atoms with van der Waals surface area (Å²) in [5, 5.41) is 24.9. The second-order valence-corrected chi connectivity index (χ2v) is 10.6. The number of hydrogen-bond acceptors (Lipinski definition) is 5. The van der Waals surface area contributed by atoms with Crippen molar-refractivity contribution in [2.24, 2.45) is 11.7 Å². The lowest BCUT2D eigenvalue weighted by Crippen LogP contribution is -2.53. The topological polar surface area (TPSA) is 171 Å². The zero-order chi connectivity index (χ0) is 32.5. The molecule has 0 bridgehead atoms. The molecule has 44 heavy (non-hydrogen) atoms. The molecule has 1 fully saturated rings. The van der Waals surface area contributed by atoms with E-state index in [4.69, 9.17) is 15.6 Å². The Morgan fingerprint density at radius 1 is 0.864 bits per heavy atom. The number of carbonyl (C=O) groups is 4. The molecule has 3 amide bonds. The Kier molecular flexibility index (Phi) is 15.2. The maximum absolute atomic E-state index is 13.3. The van der Waals surface area contributed by atoms with E-state index < -0.39 is 36.2 Å². The first-order valence-electron chi connectivity index (χ1n) is 14.6. The Hall–Kier alpha value is -4.13. The summed E-state index contributed by atoms with van der Waals surface area (Å²) in [6.45, 7) is 0.792. The monoisotopic (exact) mass is 622 g/mol. The van der Waals surface area contributed by atoms with E-state index in [0.717, 1.165) is 42.4 Å². The van der Waals surface area contributed by atoms with Crippen molar-refractivity contribution in [1.82, 2.24) is 16.0 Å². The van der Waals surface area contributed by atoms with Crippen LogP contribution >= 0.6 is 0 Å². The lowest BCUT2D eigenvalue weighted by Gasteiger charge is -2.27. The molecule has 7 N–H and O–H groups in total. The minimum Gasteiger partial charge on any atom is -0.480 e. The molecule has 0 unspecified atom stereocenters. The number of nitrogens with two attached hydrogens (primary N) is 1. The SMILES string of the molecule is NCCCC[C@H](NC(=O)N[C@H](CC1CCCCC1)C(=O)NCc1ccccc1-c1ccccc1)C(=O)O.O=C(O)C(F)(F)F. The maximum atomic E-state index is 13.3. The van der Waals surface area contributed by atoms with Gasteiger partial charge in [0.05, 0.1) is 0 Å². The zero-order valence-electron chi connectivity index (χ0n) is 24.4. The van der Waals surface area contributed by atoms with Gasteiger partial charge in [0.1, 0.15) is 12.1 Å². The molecule has 242 valence electrons. The molecule has 10 nitrogen and oxygen atoms in total. The lowest BCUT2D eigenvalue weighted by atomic mass is 9.84. The smallest absolute Gasteiger partial charge is 0.480 e. The number of carboxylic acid groups (broad SMARTS) is 2. The van der Waals surface area contributed by atoms with Crippen LogP contribution in [0.5, 0.6) is 0 Å². The second kappa shape index (κ2) is 18.5. The highest BCUT2D eigenvalue weighted by Gasteiger charge is 2.38. The van der Waals surface area contributed by atoms with Crippen molar-refractivity contribution < 1.29 is 42.6 Å². The summed E-state index contributed by atoms with van der Waals surface area (Å²) in [6, 6.07) is 15.5. The Morgan fingerprint density at radius 2 is 1.45 bits per heavy atom. The van der Waals surface area contributed by atoms with Crippen molar-refractivity contribution in [3.8, 4) is 11.1 Å². The van der Waals surface area contributed by atoms with Gasteiger partial charge in [-0.2, -0.15) is 13.2 Å². The summed E-state index contributed by atoms with van der Waals surface area (Å²) < 4.78 is 31.7. The van der Waals surface area contributed by atoms with E-state index in [1.54, 1.807) is 0 Å². The van der Waals surface area contributed by atoms with E-state index in [1.165, 1.54) is 6.42 Å². The molecule has 2 atom stereocenters. The quantitative estimate of drug-likeness (QED) is 0.174. The summed E-state index contributed by atoms with van der Waals surface area (Å²) in [6.07, 6.45) is 2.52. The maximum Gasteiger partial charge on any atom is 0.490 e. The Labute approximate surface area is 254 Å². The third-order valence-corrected chi connectivity index (χ3v) is 7.26. The van der Waals surface area contributed by atoms with E-state index in [1.807, 2.05) is 54.6 Å². The summed E-state index contributed by atoms with van der Waals surface area (Å²) in [5.74, 6) is -3.77. The van der Waals surface area contributed by atoms with Gasteiger partial charge in [0.15, 0.2) is 0 Å². The van der Waals surface area contributed by atoms with Crippen LogP contribution in [0.25, 0.3) is 11.1 Å². The Balaban J connectivity index is 0.000000860. The van der Waals surface area contributed by atoms with Gasteiger partial charge >= 0.3 is 24.1 Å². The summed E-state index contributed by atoms with van der Waals surface area (Å²) >= 11 is 0. The molecule has 0 saturated heterocycles. The second-order valence-electron chi connectivity index (χ2n) is 10.6. The van der Waals surface area contributed by atoms with Gasteiger partial charge < -0.3 is 31.9 Å². The fourth-order valence-electron chi connectivity index (χ4n) is 4.98. The first kappa shape index (κ1) is 36.1. The van der Waals surface area contributed by atoms with Crippen LogP contribution in [0, 0.1) is 5.92 Å². The minimum atomic E-state index is -5.08. The number of urea groups is 1. The fraction of sp³-hybridized carbons (Fsp3) is 0.484. The minimum absolute atomic E-state index is 0.265. The van der Waals surface area contributed by atoms with Gasteiger partial charge in [-0.1, -0.05) is 86.7 Å². The summed E-state index contributed by atoms with van der Waals surface area (Å²) in [7, 11) is 0. The molecule has 13 heteroatoms. The standard InChI is InChI=1S/C29H40N4O4.C2HF3O2/c30-18-10-9-17-25(28(35)36)32-29(37)33-26(19-21-11-3-1-4-12-21)27(34)31-20-23-15-7-8-16-24(23)22-13-5-2-6-14-22;3-2(4,5)1(6)7/h2,5-8,13-16,21,25-26H,1,3-4,9-12,17-20,30H2,(H,31,34)(H,35,36)(H2,32,33,37);(H,6,7)/t25-,26+;/m0./s1. The number of amides is 3. The van der Waals surface area contributed by atoms with Crippen LogP contribution in [0.3, 0.4) is 0 Å². The first-order valence-corrected chi connectivity index (χ1v) is 14.6. The van der Waals surface area contributed by atoms with Crippen LogP contribution in [0.4, 0.5) is 18.0 Å². The molecule has 1 saturated carbocycles. The molecule has 0 radical (unpaired) electrons. The Bertz CT molecular complexity index is 1210. The molecular formula is C31H41F3N4O6. The number of carbonyl (C=O) groups excluding carboxylic acids is 2. The number of benzene rings is 2. The number of unbranched alkanes of at least 4 members (excludes halogenated alkanes) is 1. The van der Waals surface area contributed by atoms with Crippen molar-refractivity contribution in [2.45, 2.75) is 82.6 Å². The molecule has 1 aliphatic carbocycles. The first-order chi connectivity index (χ1) is 20.9. The van der Waals surface area contributed by atoms with E-state index in [2.05, 4.69) is 16.0 Å². The van der Waals surface area contributed by atoms with Crippen molar-refractivity contribution >= 4 is 23.9 Å². The van der Waals surface area contributed by atoms with Crippen molar-refractivity contribution in [3.63, 3.8) is 0 Å². The van der Waals surface area contributed by atoms with E-state index in [0.29, 0.717) is 38.3 Å². The van der Waals surface area contributed by atoms with E-state index in [9.17, 15) is 32.7 Å². The molecule has 2 aromatic carbocycles.